The number of rotatable bonds is 1. The zero-order valence-electron chi connectivity index (χ0n) is 9.84. The first-order valence-electron chi connectivity index (χ1n) is 6.05. The Morgan fingerprint density at radius 1 is 1.33 bits per heavy atom. The zero-order valence-corrected chi connectivity index (χ0v) is 11.4. The second kappa shape index (κ2) is 4.69. The molecule has 1 atom stereocenters. The number of aromatic nitrogens is 1. The second-order valence-electron chi connectivity index (χ2n) is 4.47. The van der Waals surface area contributed by atoms with Crippen molar-refractivity contribution in [1.29, 1.82) is 0 Å². The minimum Gasteiger partial charge on any atom is -0.311 e. The van der Waals surface area contributed by atoms with Crippen molar-refractivity contribution in [3.63, 3.8) is 0 Å². The summed E-state index contributed by atoms with van der Waals surface area (Å²) in [7, 11) is 0. The third-order valence-electron chi connectivity index (χ3n) is 3.32. The van der Waals surface area contributed by atoms with Crippen LogP contribution in [-0.4, -0.2) is 22.3 Å². The minimum absolute atomic E-state index is 0.0572. The van der Waals surface area contributed by atoms with E-state index in [1.54, 1.807) is 6.20 Å². The van der Waals surface area contributed by atoms with Gasteiger partial charge in [-0.25, -0.2) is 0 Å². The third kappa shape index (κ3) is 1.90. The number of pyridine rings is 1. The van der Waals surface area contributed by atoms with E-state index in [1.165, 1.54) is 0 Å². The van der Waals surface area contributed by atoms with Crippen LogP contribution in [-0.2, 0) is 4.79 Å². The molecule has 0 radical (unpaired) electrons. The molecular formula is C14H13BrN2O. The van der Waals surface area contributed by atoms with Crippen LogP contribution in [0.1, 0.15) is 12.8 Å². The predicted octanol–water partition coefficient (Wildman–Crippen LogP) is 3.13. The molecule has 1 aromatic carbocycles. The maximum absolute atomic E-state index is 12.2. The quantitative estimate of drug-likeness (QED) is 0.758. The van der Waals surface area contributed by atoms with Crippen molar-refractivity contribution < 1.29 is 4.79 Å². The first-order valence-corrected chi connectivity index (χ1v) is 6.97. The van der Waals surface area contributed by atoms with Gasteiger partial charge in [0.05, 0.1) is 10.5 Å². The molecule has 0 spiro atoms. The van der Waals surface area contributed by atoms with Crippen molar-refractivity contribution in [3.8, 4) is 0 Å². The summed E-state index contributed by atoms with van der Waals surface area (Å²) in [6.45, 7) is 0.787. The Labute approximate surface area is 114 Å². The number of carbonyl (C=O) groups excluding carboxylic acids is 1. The molecule has 0 saturated carbocycles. The predicted molar refractivity (Wildman–Crippen MR) is 76.0 cm³/mol. The maximum atomic E-state index is 12.2. The van der Waals surface area contributed by atoms with Crippen LogP contribution in [0.4, 0.5) is 5.69 Å². The summed E-state index contributed by atoms with van der Waals surface area (Å²) in [5, 5.41) is 2.15. The molecule has 0 N–H and O–H groups in total. The molecule has 1 amide bonds. The van der Waals surface area contributed by atoms with Gasteiger partial charge in [-0.2, -0.15) is 0 Å². The van der Waals surface area contributed by atoms with E-state index >= 15 is 0 Å². The number of halogens is 1. The molecule has 4 heteroatoms. The van der Waals surface area contributed by atoms with E-state index in [0.29, 0.717) is 0 Å². The van der Waals surface area contributed by atoms with Gasteiger partial charge >= 0.3 is 0 Å². The summed E-state index contributed by atoms with van der Waals surface area (Å²) in [6, 6.07) is 8.00. The SMILES string of the molecule is O=C1C(Br)CCCN1c1cccc2ccncc12. The van der Waals surface area contributed by atoms with Crippen molar-refractivity contribution in [1.82, 2.24) is 4.98 Å². The summed E-state index contributed by atoms with van der Waals surface area (Å²) in [5.74, 6) is 0.151. The number of carbonyl (C=O) groups is 1. The van der Waals surface area contributed by atoms with Crippen molar-refractivity contribution >= 4 is 38.3 Å². The van der Waals surface area contributed by atoms with Crippen LogP contribution in [0.15, 0.2) is 36.7 Å². The maximum Gasteiger partial charge on any atom is 0.240 e. The first-order chi connectivity index (χ1) is 8.77. The minimum atomic E-state index is -0.0572. The molecule has 3 nitrogen and oxygen atoms in total. The Morgan fingerprint density at radius 2 is 2.22 bits per heavy atom. The van der Waals surface area contributed by atoms with Crippen LogP contribution >= 0.6 is 15.9 Å². The lowest BCUT2D eigenvalue weighted by Gasteiger charge is -2.30. The van der Waals surface area contributed by atoms with Crippen LogP contribution in [0.3, 0.4) is 0 Å². The average molecular weight is 305 g/mol. The van der Waals surface area contributed by atoms with Gasteiger partial charge in [0.2, 0.25) is 5.91 Å². The standard InChI is InChI=1S/C14H13BrN2O/c15-12-4-2-8-17(14(12)18)13-5-1-3-10-6-7-16-9-11(10)13/h1,3,5-7,9,12H,2,4,8H2. The summed E-state index contributed by atoms with van der Waals surface area (Å²) in [6.07, 6.45) is 5.55. The number of piperidine rings is 1. The van der Waals surface area contributed by atoms with Crippen molar-refractivity contribution in [2.45, 2.75) is 17.7 Å². The van der Waals surface area contributed by atoms with Crippen LogP contribution < -0.4 is 4.90 Å². The Morgan fingerprint density at radius 3 is 3.11 bits per heavy atom. The monoisotopic (exact) mass is 304 g/mol. The number of alkyl halides is 1. The molecule has 1 aliphatic heterocycles. The molecule has 0 bridgehead atoms. The molecule has 92 valence electrons. The first kappa shape index (κ1) is 11.7. The second-order valence-corrected chi connectivity index (χ2v) is 5.58. The number of hydrogen-bond acceptors (Lipinski definition) is 2. The highest BCUT2D eigenvalue weighted by atomic mass is 79.9. The van der Waals surface area contributed by atoms with E-state index in [-0.39, 0.29) is 10.7 Å². The molecule has 1 aromatic heterocycles. The molecule has 1 saturated heterocycles. The summed E-state index contributed by atoms with van der Waals surface area (Å²) in [4.78, 5) is 18.2. The Kier molecular flexibility index (Phi) is 3.04. The van der Waals surface area contributed by atoms with Gasteiger partial charge in [-0.1, -0.05) is 28.1 Å². The van der Waals surface area contributed by atoms with Gasteiger partial charge in [-0.05, 0) is 30.4 Å². The van der Waals surface area contributed by atoms with E-state index in [0.717, 1.165) is 35.8 Å². The zero-order chi connectivity index (χ0) is 12.5. The van der Waals surface area contributed by atoms with Crippen molar-refractivity contribution in [3.05, 3.63) is 36.7 Å². The van der Waals surface area contributed by atoms with E-state index in [9.17, 15) is 4.79 Å². The van der Waals surface area contributed by atoms with Crippen molar-refractivity contribution in [2.75, 3.05) is 11.4 Å². The van der Waals surface area contributed by atoms with Gasteiger partial charge in [0.1, 0.15) is 0 Å². The van der Waals surface area contributed by atoms with E-state index in [4.69, 9.17) is 0 Å². The smallest absolute Gasteiger partial charge is 0.240 e. The molecule has 0 aliphatic carbocycles. The van der Waals surface area contributed by atoms with Crippen LogP contribution in [0.2, 0.25) is 0 Å². The molecule has 1 aliphatic rings. The fourth-order valence-electron chi connectivity index (χ4n) is 2.40. The fraction of sp³-hybridized carbons (Fsp3) is 0.286. The fourth-order valence-corrected chi connectivity index (χ4v) is 2.97. The van der Waals surface area contributed by atoms with Gasteiger partial charge in [-0.3, -0.25) is 9.78 Å². The van der Waals surface area contributed by atoms with Gasteiger partial charge in [0.25, 0.3) is 0 Å². The normalized spacial score (nSPS) is 20.4. The topological polar surface area (TPSA) is 33.2 Å². The van der Waals surface area contributed by atoms with Gasteiger partial charge < -0.3 is 4.90 Å². The van der Waals surface area contributed by atoms with Crippen LogP contribution in [0.5, 0.6) is 0 Å². The summed E-state index contributed by atoms with van der Waals surface area (Å²) < 4.78 is 0. The molecule has 3 rings (SSSR count). The van der Waals surface area contributed by atoms with Crippen molar-refractivity contribution in [2.24, 2.45) is 0 Å². The molecule has 1 unspecified atom stereocenters. The number of anilines is 1. The van der Waals surface area contributed by atoms with E-state index in [2.05, 4.69) is 20.9 Å². The van der Waals surface area contributed by atoms with Gasteiger partial charge in [0, 0.05) is 24.3 Å². The lowest BCUT2D eigenvalue weighted by Crippen LogP contribution is -2.41. The van der Waals surface area contributed by atoms with Crippen LogP contribution in [0, 0.1) is 0 Å². The van der Waals surface area contributed by atoms with E-state index < -0.39 is 0 Å². The number of benzene rings is 1. The Hall–Kier alpha value is -1.42. The molecule has 2 heterocycles. The highest BCUT2D eigenvalue weighted by Gasteiger charge is 2.28. The largest absolute Gasteiger partial charge is 0.311 e. The van der Waals surface area contributed by atoms with E-state index in [1.807, 2.05) is 35.4 Å². The lowest BCUT2D eigenvalue weighted by atomic mass is 10.1. The number of amides is 1. The third-order valence-corrected chi connectivity index (χ3v) is 4.17. The molecule has 1 fully saturated rings. The Balaban J connectivity index is 2.11. The summed E-state index contributed by atoms with van der Waals surface area (Å²) >= 11 is 3.45. The van der Waals surface area contributed by atoms with Crippen LogP contribution in [0.25, 0.3) is 10.8 Å². The lowest BCUT2D eigenvalue weighted by molar-refractivity contribution is -0.118. The average Bonchev–Trinajstić information content (AvgIpc) is 2.41. The molecule has 18 heavy (non-hydrogen) atoms. The van der Waals surface area contributed by atoms with Gasteiger partial charge in [-0.15, -0.1) is 0 Å². The Bertz CT molecular complexity index is 594. The number of fused-ring (bicyclic) bond motifs is 1. The highest BCUT2D eigenvalue weighted by molar-refractivity contribution is 9.10. The molecule has 2 aromatic rings. The number of nitrogens with zero attached hydrogens (tertiary/aromatic N) is 2. The van der Waals surface area contributed by atoms with Gasteiger partial charge in [0.15, 0.2) is 0 Å². The molecular weight excluding hydrogens is 292 g/mol. The number of hydrogen-bond donors (Lipinski definition) is 0. The highest BCUT2D eigenvalue weighted by Crippen LogP contribution is 2.30. The summed E-state index contributed by atoms with van der Waals surface area (Å²) in [5.41, 5.74) is 0.967.